The number of aldehydes is 1. The minimum atomic E-state index is -3.15. The minimum Gasteiger partial charge on any atom is -0.493 e. The SMILES string of the molecule is CCOc1c2c(c(OC(F)F)c3ccccc13)C(=O)N(c1ccc(CC=O)cc1F)C2. The zero-order valence-corrected chi connectivity index (χ0v) is 16.5. The molecule has 1 heterocycles. The summed E-state index contributed by atoms with van der Waals surface area (Å²) in [6.07, 6.45) is 0.691. The largest absolute Gasteiger partial charge is 0.493 e. The molecule has 5 nitrogen and oxygen atoms in total. The Morgan fingerprint density at radius 3 is 2.45 bits per heavy atom. The molecule has 1 aliphatic heterocycles. The first-order valence-corrected chi connectivity index (χ1v) is 9.65. The number of benzene rings is 3. The maximum Gasteiger partial charge on any atom is 0.387 e. The van der Waals surface area contributed by atoms with Gasteiger partial charge in [0.15, 0.2) is 0 Å². The van der Waals surface area contributed by atoms with E-state index in [1.807, 2.05) is 0 Å². The number of rotatable bonds is 7. The molecule has 3 aromatic rings. The van der Waals surface area contributed by atoms with Crippen molar-refractivity contribution in [2.24, 2.45) is 0 Å². The first kappa shape index (κ1) is 20.7. The molecule has 0 saturated heterocycles. The van der Waals surface area contributed by atoms with E-state index in [2.05, 4.69) is 0 Å². The molecule has 0 N–H and O–H groups in total. The fraction of sp³-hybridized carbons (Fsp3) is 0.217. The molecule has 0 atom stereocenters. The molecule has 0 radical (unpaired) electrons. The van der Waals surface area contributed by atoms with Crippen molar-refractivity contribution in [2.75, 3.05) is 11.5 Å². The van der Waals surface area contributed by atoms with Gasteiger partial charge in [-0.3, -0.25) is 4.79 Å². The molecule has 0 aliphatic carbocycles. The van der Waals surface area contributed by atoms with E-state index in [-0.39, 0.29) is 36.6 Å². The zero-order valence-electron chi connectivity index (χ0n) is 16.5. The summed E-state index contributed by atoms with van der Waals surface area (Å²) in [5, 5.41) is 0.831. The number of fused-ring (bicyclic) bond motifs is 2. The van der Waals surface area contributed by atoms with E-state index in [0.29, 0.717) is 33.9 Å². The van der Waals surface area contributed by atoms with Crippen molar-refractivity contribution in [2.45, 2.75) is 26.5 Å². The Hall–Kier alpha value is -3.55. The Morgan fingerprint density at radius 1 is 1.13 bits per heavy atom. The number of carbonyl (C=O) groups is 2. The summed E-state index contributed by atoms with van der Waals surface area (Å²) >= 11 is 0. The second kappa shape index (κ2) is 8.29. The Morgan fingerprint density at radius 2 is 1.84 bits per heavy atom. The van der Waals surface area contributed by atoms with E-state index >= 15 is 0 Å². The predicted molar refractivity (Wildman–Crippen MR) is 108 cm³/mol. The number of amides is 1. The lowest BCUT2D eigenvalue weighted by Crippen LogP contribution is -2.24. The van der Waals surface area contributed by atoms with Gasteiger partial charge in [0.1, 0.15) is 23.6 Å². The fourth-order valence-electron chi connectivity index (χ4n) is 3.88. The first-order valence-electron chi connectivity index (χ1n) is 9.65. The molecule has 1 amide bonds. The van der Waals surface area contributed by atoms with E-state index in [0.717, 1.165) is 4.90 Å². The van der Waals surface area contributed by atoms with E-state index in [4.69, 9.17) is 9.47 Å². The highest BCUT2D eigenvalue weighted by molar-refractivity contribution is 6.17. The van der Waals surface area contributed by atoms with Crippen molar-refractivity contribution in [3.63, 3.8) is 0 Å². The highest BCUT2D eigenvalue weighted by atomic mass is 19.3. The molecule has 0 unspecified atom stereocenters. The molecule has 3 aromatic carbocycles. The van der Waals surface area contributed by atoms with Crippen LogP contribution in [0.4, 0.5) is 18.9 Å². The Labute approximate surface area is 176 Å². The van der Waals surface area contributed by atoms with Gasteiger partial charge in [-0.15, -0.1) is 0 Å². The molecule has 0 saturated carbocycles. The second-order valence-corrected chi connectivity index (χ2v) is 6.92. The van der Waals surface area contributed by atoms with Crippen LogP contribution >= 0.6 is 0 Å². The van der Waals surface area contributed by atoms with Gasteiger partial charge in [-0.1, -0.05) is 30.3 Å². The summed E-state index contributed by atoms with van der Waals surface area (Å²) in [4.78, 5) is 25.1. The van der Waals surface area contributed by atoms with Crippen LogP contribution in [0.1, 0.15) is 28.4 Å². The van der Waals surface area contributed by atoms with Crippen molar-refractivity contribution < 1.29 is 32.2 Å². The monoisotopic (exact) mass is 429 g/mol. The quantitative estimate of drug-likeness (QED) is 0.503. The Bertz CT molecular complexity index is 1180. The van der Waals surface area contributed by atoms with Crippen LogP contribution in [0.15, 0.2) is 42.5 Å². The summed E-state index contributed by atoms with van der Waals surface area (Å²) in [6, 6.07) is 10.7. The molecule has 8 heteroatoms. The Kier molecular flexibility index (Phi) is 5.54. The summed E-state index contributed by atoms with van der Waals surface area (Å²) in [7, 11) is 0. The van der Waals surface area contributed by atoms with Crippen LogP contribution in [-0.2, 0) is 17.8 Å². The Balaban J connectivity index is 1.91. The molecular formula is C23H18F3NO4. The maximum atomic E-state index is 14.8. The number of halogens is 3. The highest BCUT2D eigenvalue weighted by Crippen LogP contribution is 2.46. The van der Waals surface area contributed by atoms with Crippen molar-refractivity contribution in [3.8, 4) is 11.5 Å². The number of hydrogen-bond donors (Lipinski definition) is 0. The van der Waals surface area contributed by atoms with Gasteiger partial charge >= 0.3 is 6.61 Å². The summed E-state index contributed by atoms with van der Waals surface area (Å²) in [5.74, 6) is -1.24. The predicted octanol–water partition coefficient (Wildman–Crippen LogP) is 4.88. The van der Waals surface area contributed by atoms with Crippen LogP contribution in [0.2, 0.25) is 0 Å². The van der Waals surface area contributed by atoms with Crippen LogP contribution in [0.5, 0.6) is 11.5 Å². The molecular weight excluding hydrogens is 411 g/mol. The fourth-order valence-corrected chi connectivity index (χ4v) is 3.88. The number of hydrogen-bond acceptors (Lipinski definition) is 4. The van der Waals surface area contributed by atoms with Gasteiger partial charge in [-0.2, -0.15) is 8.78 Å². The standard InChI is InChI=1S/C23H18F3NO4/c1-2-30-20-14-5-3-4-6-15(14)21(31-23(25)26)19-16(20)12-27(22(19)29)18-8-7-13(9-10-28)11-17(18)24/h3-8,10-11,23H,2,9,12H2,1H3. The maximum absolute atomic E-state index is 14.8. The minimum absolute atomic E-state index is 0.0228. The smallest absolute Gasteiger partial charge is 0.387 e. The van der Waals surface area contributed by atoms with Crippen LogP contribution in [0, 0.1) is 5.82 Å². The number of carbonyl (C=O) groups excluding carboxylic acids is 2. The van der Waals surface area contributed by atoms with Crippen LogP contribution < -0.4 is 14.4 Å². The van der Waals surface area contributed by atoms with Crippen molar-refractivity contribution in [3.05, 3.63) is 65.0 Å². The lowest BCUT2D eigenvalue weighted by atomic mass is 9.99. The van der Waals surface area contributed by atoms with Crippen LogP contribution in [-0.4, -0.2) is 25.4 Å². The van der Waals surface area contributed by atoms with Gasteiger partial charge < -0.3 is 19.2 Å². The first-order chi connectivity index (χ1) is 15.0. The number of ether oxygens (including phenoxy) is 2. The third-order valence-electron chi connectivity index (χ3n) is 5.11. The summed E-state index contributed by atoms with van der Waals surface area (Å²) in [5.41, 5.74) is 0.726. The van der Waals surface area contributed by atoms with Crippen molar-refractivity contribution >= 4 is 28.7 Å². The molecule has 31 heavy (non-hydrogen) atoms. The number of nitrogens with zero attached hydrogens (tertiary/aromatic N) is 1. The van der Waals surface area contributed by atoms with Gasteiger partial charge in [0.2, 0.25) is 0 Å². The van der Waals surface area contributed by atoms with Gasteiger partial charge in [0.25, 0.3) is 5.91 Å². The molecule has 0 spiro atoms. The van der Waals surface area contributed by atoms with Crippen LogP contribution in [0.25, 0.3) is 10.8 Å². The molecule has 160 valence electrons. The molecule has 0 fully saturated rings. The third kappa shape index (κ3) is 3.58. The number of alkyl halides is 2. The normalized spacial score (nSPS) is 13.1. The third-order valence-corrected chi connectivity index (χ3v) is 5.11. The van der Waals surface area contributed by atoms with E-state index < -0.39 is 18.3 Å². The van der Waals surface area contributed by atoms with Gasteiger partial charge in [0.05, 0.1) is 24.4 Å². The highest BCUT2D eigenvalue weighted by Gasteiger charge is 2.38. The molecule has 0 aromatic heterocycles. The van der Waals surface area contributed by atoms with Gasteiger partial charge in [-0.05, 0) is 24.6 Å². The topological polar surface area (TPSA) is 55.8 Å². The molecule has 0 bridgehead atoms. The summed E-state index contributed by atoms with van der Waals surface area (Å²) in [6.45, 7) is -1.16. The van der Waals surface area contributed by atoms with Gasteiger partial charge in [-0.25, -0.2) is 4.39 Å². The molecule has 1 aliphatic rings. The van der Waals surface area contributed by atoms with Crippen molar-refractivity contribution in [1.82, 2.24) is 0 Å². The molecule has 4 rings (SSSR count). The lowest BCUT2D eigenvalue weighted by Gasteiger charge is -2.17. The van der Waals surface area contributed by atoms with Crippen molar-refractivity contribution in [1.29, 1.82) is 0 Å². The average molecular weight is 429 g/mol. The average Bonchev–Trinajstić information content (AvgIpc) is 3.07. The second-order valence-electron chi connectivity index (χ2n) is 6.92. The summed E-state index contributed by atoms with van der Waals surface area (Å²) < 4.78 is 51.8. The number of anilines is 1. The lowest BCUT2D eigenvalue weighted by molar-refractivity contribution is -0.107. The van der Waals surface area contributed by atoms with E-state index in [9.17, 15) is 22.8 Å². The van der Waals surface area contributed by atoms with E-state index in [1.54, 1.807) is 37.3 Å². The van der Waals surface area contributed by atoms with Gasteiger partial charge in [0, 0.05) is 22.8 Å². The van der Waals surface area contributed by atoms with Crippen LogP contribution in [0.3, 0.4) is 0 Å². The van der Waals surface area contributed by atoms with E-state index in [1.165, 1.54) is 12.1 Å². The zero-order chi connectivity index (χ0) is 22.1.